The fraction of sp³-hybridized carbons (Fsp3) is 0.231. The van der Waals surface area contributed by atoms with E-state index in [4.69, 9.17) is 9.72 Å². The summed E-state index contributed by atoms with van der Waals surface area (Å²) in [4.78, 5) is 17.3. The van der Waals surface area contributed by atoms with E-state index < -0.39 is 0 Å². The minimum absolute atomic E-state index is 0.106. The van der Waals surface area contributed by atoms with Gasteiger partial charge in [0.1, 0.15) is 18.2 Å². The van der Waals surface area contributed by atoms with Crippen LogP contribution in [0, 0.1) is 20.8 Å². The normalized spacial score (nSPS) is 10.9. The van der Waals surface area contributed by atoms with Crippen molar-refractivity contribution >= 4 is 16.9 Å². The summed E-state index contributed by atoms with van der Waals surface area (Å²) in [6, 6.07) is 21.8. The summed E-state index contributed by atoms with van der Waals surface area (Å²) in [5, 5.41) is 3.00. The van der Waals surface area contributed by atoms with Crippen LogP contribution < -0.4 is 10.1 Å². The Morgan fingerprint density at radius 1 is 0.935 bits per heavy atom. The summed E-state index contributed by atoms with van der Waals surface area (Å²) in [6.07, 6.45) is 0. The molecule has 0 saturated carbocycles. The largest absolute Gasteiger partial charge is 0.492 e. The Morgan fingerprint density at radius 3 is 2.39 bits per heavy atom. The molecule has 0 unspecified atom stereocenters. The van der Waals surface area contributed by atoms with Crippen LogP contribution in [0.5, 0.6) is 5.75 Å². The topological polar surface area (TPSA) is 56.2 Å². The molecule has 0 spiro atoms. The number of carbonyl (C=O) groups is 1. The van der Waals surface area contributed by atoms with Gasteiger partial charge in [0.15, 0.2) is 0 Å². The monoisotopic (exact) mass is 413 g/mol. The van der Waals surface area contributed by atoms with Gasteiger partial charge in [0, 0.05) is 5.56 Å². The second-order valence-electron chi connectivity index (χ2n) is 7.89. The van der Waals surface area contributed by atoms with Gasteiger partial charge in [-0.05, 0) is 68.3 Å². The third-order valence-corrected chi connectivity index (χ3v) is 5.23. The van der Waals surface area contributed by atoms with Gasteiger partial charge in [-0.3, -0.25) is 4.79 Å². The summed E-state index contributed by atoms with van der Waals surface area (Å²) in [6.45, 7) is 7.65. The number of hydrogen-bond donors (Lipinski definition) is 1. The van der Waals surface area contributed by atoms with E-state index in [2.05, 4.69) is 29.8 Å². The number of nitrogens with zero attached hydrogens (tertiary/aromatic N) is 2. The predicted octanol–water partition coefficient (Wildman–Crippen LogP) is 4.97. The first kappa shape index (κ1) is 20.7. The lowest BCUT2D eigenvalue weighted by Crippen LogP contribution is -2.25. The lowest BCUT2D eigenvalue weighted by Gasteiger charge is -2.12. The maximum atomic E-state index is 12.5. The number of hydrogen-bond acceptors (Lipinski definition) is 3. The summed E-state index contributed by atoms with van der Waals surface area (Å²) in [7, 11) is 0. The van der Waals surface area contributed by atoms with Crippen LogP contribution in [0.3, 0.4) is 0 Å². The molecule has 0 aliphatic heterocycles. The van der Waals surface area contributed by atoms with Gasteiger partial charge in [0.05, 0.1) is 24.1 Å². The van der Waals surface area contributed by atoms with Gasteiger partial charge in [-0.25, -0.2) is 4.98 Å². The van der Waals surface area contributed by atoms with Crippen LogP contribution in [-0.4, -0.2) is 22.1 Å². The van der Waals surface area contributed by atoms with Crippen molar-refractivity contribution < 1.29 is 9.53 Å². The van der Waals surface area contributed by atoms with Crippen molar-refractivity contribution in [1.82, 2.24) is 14.9 Å². The zero-order valence-electron chi connectivity index (χ0n) is 18.2. The maximum absolute atomic E-state index is 12.5. The lowest BCUT2D eigenvalue weighted by molar-refractivity contribution is 0.0949. The van der Waals surface area contributed by atoms with Crippen LogP contribution in [0.1, 0.15) is 32.9 Å². The van der Waals surface area contributed by atoms with Crippen LogP contribution in [-0.2, 0) is 13.1 Å². The van der Waals surface area contributed by atoms with Gasteiger partial charge in [0.2, 0.25) is 0 Å². The Kier molecular flexibility index (Phi) is 6.03. The van der Waals surface area contributed by atoms with Gasteiger partial charge in [0.25, 0.3) is 5.91 Å². The number of nitrogens with one attached hydrogen (secondary N) is 1. The predicted molar refractivity (Wildman–Crippen MR) is 123 cm³/mol. The Morgan fingerprint density at radius 2 is 1.65 bits per heavy atom. The van der Waals surface area contributed by atoms with Gasteiger partial charge >= 0.3 is 0 Å². The molecule has 0 saturated heterocycles. The van der Waals surface area contributed by atoms with E-state index in [1.54, 1.807) is 0 Å². The number of aryl methyl sites for hydroxylation is 3. The zero-order valence-corrected chi connectivity index (χ0v) is 18.2. The molecular weight excluding hydrogens is 386 g/mol. The summed E-state index contributed by atoms with van der Waals surface area (Å²) >= 11 is 0. The number of rotatable bonds is 7. The minimum atomic E-state index is -0.106. The maximum Gasteiger partial charge on any atom is 0.251 e. The number of fused-ring (bicyclic) bond motifs is 1. The molecule has 31 heavy (non-hydrogen) atoms. The highest BCUT2D eigenvalue weighted by atomic mass is 16.5. The van der Waals surface area contributed by atoms with E-state index in [0.717, 1.165) is 28.2 Å². The van der Waals surface area contributed by atoms with E-state index in [1.807, 2.05) is 67.6 Å². The smallest absolute Gasteiger partial charge is 0.251 e. The first-order valence-corrected chi connectivity index (χ1v) is 10.5. The molecule has 1 N–H and O–H groups in total. The molecule has 4 aromatic rings. The van der Waals surface area contributed by atoms with Gasteiger partial charge in [-0.2, -0.15) is 0 Å². The molecule has 0 atom stereocenters. The van der Waals surface area contributed by atoms with Gasteiger partial charge in [-0.15, -0.1) is 0 Å². The van der Waals surface area contributed by atoms with E-state index >= 15 is 0 Å². The third-order valence-electron chi connectivity index (χ3n) is 5.23. The molecule has 0 aliphatic rings. The number of amides is 1. The van der Waals surface area contributed by atoms with Gasteiger partial charge in [-0.1, -0.05) is 35.9 Å². The molecule has 1 heterocycles. The highest BCUT2D eigenvalue weighted by Crippen LogP contribution is 2.19. The van der Waals surface area contributed by atoms with E-state index in [0.29, 0.717) is 25.3 Å². The Bertz CT molecular complexity index is 1190. The molecular formula is C26H27N3O2. The highest BCUT2D eigenvalue weighted by Gasteiger charge is 2.12. The molecule has 4 rings (SSSR count). The quantitative estimate of drug-likeness (QED) is 0.465. The molecule has 0 aliphatic carbocycles. The molecule has 158 valence electrons. The second-order valence-corrected chi connectivity index (χ2v) is 7.89. The standard InChI is InChI=1S/C26H27N3O2/c1-18-8-10-21(11-9-18)26(30)27-17-25-28-23-6-4-5-7-24(23)29(25)12-13-31-22-15-19(2)14-20(3)16-22/h4-11,14-16H,12-13,17H2,1-3H3,(H,27,30). The van der Waals surface area contributed by atoms with Crippen LogP contribution in [0.2, 0.25) is 0 Å². The summed E-state index contributed by atoms with van der Waals surface area (Å²) in [5.41, 5.74) is 6.08. The van der Waals surface area contributed by atoms with E-state index in [9.17, 15) is 4.79 Å². The van der Waals surface area contributed by atoms with E-state index in [-0.39, 0.29) is 5.91 Å². The highest BCUT2D eigenvalue weighted by molar-refractivity contribution is 5.94. The van der Waals surface area contributed by atoms with E-state index in [1.165, 1.54) is 11.1 Å². The zero-order chi connectivity index (χ0) is 21.8. The molecule has 1 amide bonds. The van der Waals surface area contributed by atoms with Crippen molar-refractivity contribution in [3.05, 3.63) is 94.8 Å². The molecule has 0 bridgehead atoms. The average Bonchev–Trinajstić information content (AvgIpc) is 3.09. The number of ether oxygens (including phenoxy) is 1. The Labute approximate surface area is 182 Å². The Hall–Kier alpha value is -3.60. The SMILES string of the molecule is Cc1ccc(C(=O)NCc2nc3ccccc3n2CCOc2cc(C)cc(C)c2)cc1. The van der Waals surface area contributed by atoms with Crippen molar-refractivity contribution in [1.29, 1.82) is 0 Å². The molecule has 1 aromatic heterocycles. The number of para-hydroxylation sites is 2. The fourth-order valence-corrected chi connectivity index (χ4v) is 3.75. The van der Waals surface area contributed by atoms with Crippen molar-refractivity contribution in [2.24, 2.45) is 0 Å². The van der Waals surface area contributed by atoms with Crippen LogP contribution in [0.15, 0.2) is 66.7 Å². The van der Waals surface area contributed by atoms with Crippen LogP contribution in [0.4, 0.5) is 0 Å². The molecule has 3 aromatic carbocycles. The lowest BCUT2D eigenvalue weighted by atomic mass is 10.1. The van der Waals surface area contributed by atoms with Crippen molar-refractivity contribution in [2.75, 3.05) is 6.61 Å². The summed E-state index contributed by atoms with van der Waals surface area (Å²) < 4.78 is 8.13. The van der Waals surface area contributed by atoms with Crippen LogP contribution >= 0.6 is 0 Å². The fourth-order valence-electron chi connectivity index (χ4n) is 3.75. The molecule has 5 nitrogen and oxygen atoms in total. The summed E-state index contributed by atoms with van der Waals surface area (Å²) in [5.74, 6) is 1.58. The van der Waals surface area contributed by atoms with Crippen molar-refractivity contribution in [3.63, 3.8) is 0 Å². The van der Waals surface area contributed by atoms with Crippen molar-refractivity contribution in [3.8, 4) is 5.75 Å². The number of aromatic nitrogens is 2. The first-order chi connectivity index (χ1) is 15.0. The average molecular weight is 414 g/mol. The third kappa shape index (κ3) is 4.94. The Balaban J connectivity index is 1.48. The number of imidazole rings is 1. The molecule has 5 heteroatoms. The van der Waals surface area contributed by atoms with Gasteiger partial charge < -0.3 is 14.6 Å². The molecule has 0 radical (unpaired) electrons. The first-order valence-electron chi connectivity index (χ1n) is 10.5. The number of carbonyl (C=O) groups excluding carboxylic acids is 1. The van der Waals surface area contributed by atoms with Crippen molar-refractivity contribution in [2.45, 2.75) is 33.9 Å². The minimum Gasteiger partial charge on any atom is -0.492 e. The molecule has 0 fully saturated rings. The second kappa shape index (κ2) is 9.04. The van der Waals surface area contributed by atoms with Crippen LogP contribution in [0.25, 0.3) is 11.0 Å². The number of benzene rings is 3.